The van der Waals surface area contributed by atoms with E-state index in [2.05, 4.69) is 43.8 Å². The molecule has 0 radical (unpaired) electrons. The number of aromatic amines is 1. The van der Waals surface area contributed by atoms with Gasteiger partial charge in [-0.3, -0.25) is 14.5 Å². The van der Waals surface area contributed by atoms with E-state index in [-0.39, 0.29) is 18.1 Å². The molecule has 0 fully saturated rings. The molecule has 42 heavy (non-hydrogen) atoms. The molecule has 12 nitrogen and oxygen atoms in total. The van der Waals surface area contributed by atoms with Crippen LogP contribution in [0.3, 0.4) is 0 Å². The number of ether oxygens (including phenoxy) is 1. The molecule has 0 amide bonds. The first-order valence-corrected chi connectivity index (χ1v) is 14.0. The Morgan fingerprint density at radius 1 is 1.31 bits per heavy atom. The fraction of sp³-hybridized carbons (Fsp3) is 0.400. The average Bonchev–Trinajstić information content (AvgIpc) is 3.40. The van der Waals surface area contributed by atoms with Gasteiger partial charge in [-0.1, -0.05) is 25.8 Å². The third kappa shape index (κ3) is 7.58. The predicted octanol–water partition coefficient (Wildman–Crippen LogP) is 3.92. The quantitative estimate of drug-likeness (QED) is 0.149. The Bertz CT molecular complexity index is 1610. The minimum absolute atomic E-state index is 0.0736. The van der Waals surface area contributed by atoms with Gasteiger partial charge < -0.3 is 25.7 Å². The molecule has 0 aliphatic rings. The second kappa shape index (κ2) is 13.4. The Hall–Kier alpha value is -4.58. The van der Waals surface area contributed by atoms with Gasteiger partial charge in [0, 0.05) is 50.4 Å². The molecule has 1 unspecified atom stereocenters. The number of fused-ring (bicyclic) bond motifs is 1. The van der Waals surface area contributed by atoms with E-state index in [4.69, 9.17) is 15.5 Å². The van der Waals surface area contributed by atoms with Crippen molar-refractivity contribution in [3.8, 4) is 11.1 Å². The zero-order chi connectivity index (χ0) is 30.3. The monoisotopic (exact) mass is 573 g/mol. The summed E-state index contributed by atoms with van der Waals surface area (Å²) in [6.07, 6.45) is 11.8. The van der Waals surface area contributed by atoms with Gasteiger partial charge in [0.1, 0.15) is 12.1 Å². The zero-order valence-corrected chi connectivity index (χ0v) is 24.7. The fourth-order valence-electron chi connectivity index (χ4n) is 4.71. The highest BCUT2D eigenvalue weighted by atomic mass is 16.5. The van der Waals surface area contributed by atoms with Gasteiger partial charge in [-0.05, 0) is 44.0 Å². The van der Waals surface area contributed by atoms with Crippen LogP contribution < -0.4 is 16.6 Å². The van der Waals surface area contributed by atoms with Crippen LogP contribution in [-0.2, 0) is 18.3 Å². The molecule has 4 N–H and O–H groups in total. The Kier molecular flexibility index (Phi) is 9.68. The van der Waals surface area contributed by atoms with Gasteiger partial charge in [-0.2, -0.15) is 10.1 Å². The van der Waals surface area contributed by atoms with Gasteiger partial charge >= 0.3 is 5.97 Å². The molecule has 0 bridgehead atoms. The van der Waals surface area contributed by atoms with Crippen LogP contribution >= 0.6 is 0 Å². The number of carbonyl (C=O) groups is 1. The van der Waals surface area contributed by atoms with Crippen molar-refractivity contribution in [2.75, 3.05) is 31.2 Å². The minimum Gasteiger partial charge on any atom is -0.460 e. The van der Waals surface area contributed by atoms with E-state index < -0.39 is 11.5 Å². The smallest absolute Gasteiger partial charge is 0.341 e. The number of hydrogen-bond acceptors (Lipinski definition) is 10. The predicted molar refractivity (Wildman–Crippen MR) is 164 cm³/mol. The van der Waals surface area contributed by atoms with Crippen LogP contribution in [0.2, 0.25) is 0 Å². The number of esters is 1. The van der Waals surface area contributed by atoms with E-state index in [1.54, 1.807) is 36.4 Å². The van der Waals surface area contributed by atoms with Crippen molar-refractivity contribution in [2.24, 2.45) is 7.05 Å². The zero-order valence-electron chi connectivity index (χ0n) is 24.7. The number of aromatic nitrogens is 6. The van der Waals surface area contributed by atoms with Gasteiger partial charge in [0.2, 0.25) is 11.5 Å². The first kappa shape index (κ1) is 30.4. The van der Waals surface area contributed by atoms with Crippen molar-refractivity contribution in [1.82, 2.24) is 34.6 Å². The van der Waals surface area contributed by atoms with Crippen molar-refractivity contribution < 1.29 is 9.53 Å². The van der Waals surface area contributed by atoms with Crippen molar-refractivity contribution >= 4 is 28.8 Å². The van der Waals surface area contributed by atoms with Crippen LogP contribution in [0.15, 0.2) is 54.4 Å². The van der Waals surface area contributed by atoms with E-state index in [1.807, 2.05) is 26.1 Å². The standard InChI is InChI=1S/C30H39N9O3/c1-6-8-10-30(3,19-42-28(41)22-16-34-39(5)18-22)37-27-26-24(35-29(31)36-27)12-20(14-33-26)23-13-25(40)32-15-21(23)17-38(4)11-9-7-2/h7,12-16,18H,2,6,8-11,17,19H2,1,3-5H3,(H,32,40)(H3,31,35,36,37). The molecule has 4 aromatic heterocycles. The highest BCUT2D eigenvalue weighted by Gasteiger charge is 2.28. The lowest BCUT2D eigenvalue weighted by Crippen LogP contribution is -2.41. The van der Waals surface area contributed by atoms with E-state index in [9.17, 15) is 9.59 Å². The lowest BCUT2D eigenvalue weighted by Gasteiger charge is -2.31. The molecule has 4 heterocycles. The van der Waals surface area contributed by atoms with Crippen LogP contribution in [-0.4, -0.2) is 66.3 Å². The molecule has 0 aliphatic heterocycles. The van der Waals surface area contributed by atoms with Crippen molar-refractivity contribution in [2.45, 2.75) is 51.6 Å². The Morgan fingerprint density at radius 3 is 2.83 bits per heavy atom. The molecule has 0 spiro atoms. The number of hydrogen-bond donors (Lipinski definition) is 3. The SMILES string of the molecule is C=CCCN(C)Cc1c[nH]c(=O)cc1-c1cnc2c(NC(C)(CCCC)COC(=O)c3cnn(C)c3)nc(N)nc2c1. The summed E-state index contributed by atoms with van der Waals surface area (Å²) in [5.41, 5.74) is 9.16. The molecular formula is C30H39N9O3. The molecule has 4 rings (SSSR count). The summed E-state index contributed by atoms with van der Waals surface area (Å²) in [6.45, 7) is 9.43. The van der Waals surface area contributed by atoms with Crippen molar-refractivity contribution in [3.63, 3.8) is 0 Å². The van der Waals surface area contributed by atoms with E-state index in [1.165, 1.54) is 6.20 Å². The Morgan fingerprint density at radius 2 is 2.12 bits per heavy atom. The number of carbonyl (C=O) groups excluding carboxylic acids is 1. The summed E-state index contributed by atoms with van der Waals surface area (Å²) in [5, 5.41) is 7.49. The van der Waals surface area contributed by atoms with Gasteiger partial charge in [-0.25, -0.2) is 9.78 Å². The van der Waals surface area contributed by atoms with Gasteiger partial charge in [0.05, 0.1) is 22.8 Å². The summed E-state index contributed by atoms with van der Waals surface area (Å²) in [5.74, 6) is 0.0612. The summed E-state index contributed by atoms with van der Waals surface area (Å²) >= 11 is 0. The Balaban J connectivity index is 1.64. The number of H-pyrrole nitrogens is 1. The summed E-state index contributed by atoms with van der Waals surface area (Å²) in [4.78, 5) is 43.5. The second-order valence-electron chi connectivity index (χ2n) is 10.8. The fourth-order valence-corrected chi connectivity index (χ4v) is 4.71. The lowest BCUT2D eigenvalue weighted by molar-refractivity contribution is 0.0428. The first-order chi connectivity index (χ1) is 20.1. The van der Waals surface area contributed by atoms with Crippen LogP contribution in [0.1, 0.15) is 55.5 Å². The number of nitrogens with two attached hydrogens (primary N) is 1. The summed E-state index contributed by atoms with van der Waals surface area (Å²) in [6, 6.07) is 3.43. The van der Waals surface area contributed by atoms with Gasteiger partial charge in [0.25, 0.3) is 0 Å². The topological polar surface area (TPSA) is 157 Å². The molecule has 1 atom stereocenters. The number of nitrogens with zero attached hydrogens (tertiary/aromatic N) is 6. The number of aryl methyl sites for hydroxylation is 1. The normalized spacial score (nSPS) is 12.8. The van der Waals surface area contributed by atoms with Gasteiger partial charge in [0.15, 0.2) is 5.82 Å². The molecular weight excluding hydrogens is 534 g/mol. The third-order valence-corrected chi connectivity index (χ3v) is 6.99. The minimum atomic E-state index is -0.655. The largest absolute Gasteiger partial charge is 0.460 e. The number of nitrogens with one attached hydrogen (secondary N) is 2. The highest BCUT2D eigenvalue weighted by molar-refractivity contribution is 5.90. The summed E-state index contributed by atoms with van der Waals surface area (Å²) in [7, 11) is 3.76. The molecule has 12 heteroatoms. The van der Waals surface area contributed by atoms with Crippen molar-refractivity contribution in [1.29, 1.82) is 0 Å². The maximum Gasteiger partial charge on any atom is 0.341 e. The molecule has 0 aromatic carbocycles. The maximum absolute atomic E-state index is 12.6. The number of unbranched alkanes of at least 4 members (excludes halogenated alkanes) is 1. The van der Waals surface area contributed by atoms with Crippen LogP contribution in [0.25, 0.3) is 22.2 Å². The Labute approximate surface area is 245 Å². The van der Waals surface area contributed by atoms with Crippen molar-refractivity contribution in [3.05, 3.63) is 71.1 Å². The molecule has 0 aliphatic carbocycles. The van der Waals surface area contributed by atoms with Crippen LogP contribution in [0.5, 0.6) is 0 Å². The molecule has 0 saturated heterocycles. The van der Waals surface area contributed by atoms with Gasteiger partial charge in [-0.15, -0.1) is 6.58 Å². The molecule has 0 saturated carbocycles. The number of rotatable bonds is 14. The van der Waals surface area contributed by atoms with E-state index in [0.29, 0.717) is 35.4 Å². The third-order valence-electron chi connectivity index (χ3n) is 6.99. The first-order valence-electron chi connectivity index (χ1n) is 14.0. The summed E-state index contributed by atoms with van der Waals surface area (Å²) < 4.78 is 7.24. The van der Waals surface area contributed by atoms with E-state index in [0.717, 1.165) is 42.5 Å². The molecule has 4 aromatic rings. The highest BCUT2D eigenvalue weighted by Crippen LogP contribution is 2.30. The van der Waals surface area contributed by atoms with Crippen LogP contribution in [0.4, 0.5) is 11.8 Å². The van der Waals surface area contributed by atoms with E-state index >= 15 is 0 Å². The number of nitrogen functional groups attached to an aromatic ring is 1. The maximum atomic E-state index is 12.6. The number of pyridine rings is 2. The second-order valence-corrected chi connectivity index (χ2v) is 10.8. The average molecular weight is 574 g/mol. The van der Waals surface area contributed by atoms with Crippen LogP contribution in [0, 0.1) is 0 Å². The lowest BCUT2D eigenvalue weighted by atomic mass is 9.95. The number of anilines is 2. The molecule has 222 valence electrons.